The van der Waals surface area contributed by atoms with Crippen molar-refractivity contribution < 1.29 is 18.3 Å². The predicted octanol–water partition coefficient (Wildman–Crippen LogP) is 4.63. The van der Waals surface area contributed by atoms with Gasteiger partial charge in [0.1, 0.15) is 5.75 Å². The summed E-state index contributed by atoms with van der Waals surface area (Å²) in [7, 11) is 1.59. The molecule has 1 atom stereocenters. The van der Waals surface area contributed by atoms with E-state index in [2.05, 4.69) is 20.6 Å². The molecule has 1 aromatic heterocycles. The van der Waals surface area contributed by atoms with Gasteiger partial charge in [0.2, 0.25) is 24.0 Å². The van der Waals surface area contributed by atoms with E-state index in [-0.39, 0.29) is 17.6 Å². The largest absolute Gasteiger partial charge is 0.496 e. The molecule has 2 heterocycles. The minimum absolute atomic E-state index is 0.0409. The second kappa shape index (κ2) is 13.4. The van der Waals surface area contributed by atoms with Crippen molar-refractivity contribution in [2.45, 2.75) is 45.4 Å². The Morgan fingerprint density at radius 1 is 1.25 bits per heavy atom. The first kappa shape index (κ1) is 26.9. The number of benzene rings is 1. The highest BCUT2D eigenvalue weighted by Crippen LogP contribution is 2.28. The average Bonchev–Trinajstić information content (AvgIpc) is 3.31. The van der Waals surface area contributed by atoms with Crippen LogP contribution in [0.15, 0.2) is 35.3 Å². The zero-order valence-electron chi connectivity index (χ0n) is 20.7. The van der Waals surface area contributed by atoms with Gasteiger partial charge in [-0.25, -0.2) is 0 Å². The van der Waals surface area contributed by atoms with E-state index >= 15 is 0 Å². The number of rotatable bonds is 10. The minimum atomic E-state index is -0.960. The molecule has 192 valence electrons. The van der Waals surface area contributed by atoms with Crippen molar-refractivity contribution in [3.05, 3.63) is 53.4 Å². The van der Waals surface area contributed by atoms with Crippen LogP contribution in [-0.2, 0) is 0 Å². The lowest BCUT2D eigenvalue weighted by molar-refractivity contribution is 0.0782. The van der Waals surface area contributed by atoms with Gasteiger partial charge in [0.25, 0.3) is 5.91 Å². The number of unbranched alkanes of at least 4 members (excludes halogenated alkanes) is 3. The van der Waals surface area contributed by atoms with Crippen LogP contribution in [0, 0.1) is 36.2 Å². The Balaban J connectivity index is 1.34. The number of methoxy groups -OCH3 is 1. The topological polar surface area (TPSA) is 103 Å². The number of aliphatic imine (C=N–C) groups is 1. The van der Waals surface area contributed by atoms with Crippen molar-refractivity contribution in [3.8, 4) is 11.9 Å². The molecule has 0 radical (unpaired) electrons. The lowest BCUT2D eigenvalue weighted by Crippen LogP contribution is -2.31. The van der Waals surface area contributed by atoms with Gasteiger partial charge in [0, 0.05) is 37.5 Å². The molecule has 2 aromatic rings. The SMILES string of the molecule is COc1cccc(C)c1C(=O)N1CCC(CCCCCCN/C(=N/C#N)Nc2cc(F)nc(F)c2)C1. The van der Waals surface area contributed by atoms with E-state index in [0.717, 1.165) is 69.3 Å². The highest BCUT2D eigenvalue weighted by molar-refractivity contribution is 5.98. The number of halogens is 2. The monoisotopic (exact) mass is 498 g/mol. The smallest absolute Gasteiger partial charge is 0.257 e. The average molecular weight is 499 g/mol. The molecule has 8 nitrogen and oxygen atoms in total. The number of aromatic nitrogens is 1. The molecule has 0 saturated carbocycles. The third-order valence-electron chi connectivity index (χ3n) is 6.26. The van der Waals surface area contributed by atoms with Gasteiger partial charge in [0.15, 0.2) is 0 Å². The molecule has 1 aromatic carbocycles. The van der Waals surface area contributed by atoms with Gasteiger partial charge >= 0.3 is 0 Å². The summed E-state index contributed by atoms with van der Waals surface area (Å²) in [6.07, 6.45) is 7.72. The fourth-order valence-electron chi connectivity index (χ4n) is 4.45. The Morgan fingerprint density at radius 2 is 2.00 bits per heavy atom. The van der Waals surface area contributed by atoms with E-state index < -0.39 is 11.9 Å². The van der Waals surface area contributed by atoms with Crippen LogP contribution in [0.3, 0.4) is 0 Å². The Kier molecular flexibility index (Phi) is 9.98. The third-order valence-corrected chi connectivity index (χ3v) is 6.26. The van der Waals surface area contributed by atoms with Gasteiger partial charge in [-0.3, -0.25) is 4.79 Å². The maximum atomic E-state index is 13.2. The van der Waals surface area contributed by atoms with Crippen molar-refractivity contribution >= 4 is 17.6 Å². The second-order valence-electron chi connectivity index (χ2n) is 8.87. The van der Waals surface area contributed by atoms with Gasteiger partial charge in [-0.05, 0) is 43.7 Å². The summed E-state index contributed by atoms with van der Waals surface area (Å²) < 4.78 is 31.9. The second-order valence-corrected chi connectivity index (χ2v) is 8.87. The molecule has 2 N–H and O–H groups in total. The molecule has 0 aliphatic carbocycles. The van der Waals surface area contributed by atoms with Crippen LogP contribution in [0.2, 0.25) is 0 Å². The van der Waals surface area contributed by atoms with Crippen LogP contribution in [0.1, 0.15) is 54.4 Å². The zero-order chi connectivity index (χ0) is 25.9. The van der Waals surface area contributed by atoms with Crippen LogP contribution >= 0.6 is 0 Å². The standard InChI is InChI=1S/C26H32F2N6O2/c1-18-8-7-10-21(36-2)24(18)25(35)34-13-11-19(16-34)9-5-3-4-6-12-30-26(31-17-29)32-20-14-22(27)33-23(28)15-20/h7-8,10,14-15,19H,3-6,9,11-13,16H2,1-2H3,(H2,30,31,32,33). The Hall–Kier alpha value is -3.74. The molecule has 1 fully saturated rings. The van der Waals surface area contributed by atoms with Crippen LogP contribution in [0.4, 0.5) is 14.5 Å². The number of hydrogen-bond acceptors (Lipinski definition) is 5. The molecular weight excluding hydrogens is 466 g/mol. The Morgan fingerprint density at radius 3 is 2.72 bits per heavy atom. The maximum absolute atomic E-state index is 13.2. The lowest BCUT2D eigenvalue weighted by Gasteiger charge is -2.19. The Bertz CT molecular complexity index is 1100. The van der Waals surface area contributed by atoms with Gasteiger partial charge in [-0.15, -0.1) is 4.99 Å². The normalized spacial score (nSPS) is 15.5. The van der Waals surface area contributed by atoms with Crippen molar-refractivity contribution in [1.29, 1.82) is 5.26 Å². The summed E-state index contributed by atoms with van der Waals surface area (Å²) in [5.41, 5.74) is 1.70. The molecule has 0 spiro atoms. The lowest BCUT2D eigenvalue weighted by atomic mass is 10.00. The van der Waals surface area contributed by atoms with E-state index in [1.807, 2.05) is 30.0 Å². The van der Waals surface area contributed by atoms with Crippen LogP contribution in [0.5, 0.6) is 5.75 Å². The van der Waals surface area contributed by atoms with Crippen LogP contribution in [0.25, 0.3) is 0 Å². The van der Waals surface area contributed by atoms with Crippen molar-refractivity contribution in [3.63, 3.8) is 0 Å². The van der Waals surface area contributed by atoms with E-state index in [9.17, 15) is 13.6 Å². The number of pyridine rings is 1. The Labute approximate surface area is 210 Å². The number of amides is 1. The first-order chi connectivity index (χ1) is 17.4. The summed E-state index contributed by atoms with van der Waals surface area (Å²) in [5.74, 6) is -0.628. The van der Waals surface area contributed by atoms with Gasteiger partial charge in [0.05, 0.1) is 12.7 Å². The van der Waals surface area contributed by atoms with Crippen LogP contribution in [-0.4, -0.2) is 48.5 Å². The predicted molar refractivity (Wildman–Crippen MR) is 134 cm³/mol. The third kappa shape index (κ3) is 7.63. The van der Waals surface area contributed by atoms with Crippen molar-refractivity contribution in [2.24, 2.45) is 10.9 Å². The molecule has 1 aliphatic heterocycles. The maximum Gasteiger partial charge on any atom is 0.257 e. The number of carbonyl (C=O) groups is 1. The molecule has 36 heavy (non-hydrogen) atoms. The van der Waals surface area contributed by atoms with E-state index in [4.69, 9.17) is 10.00 Å². The van der Waals surface area contributed by atoms with E-state index in [1.165, 1.54) is 0 Å². The summed E-state index contributed by atoms with van der Waals surface area (Å²) >= 11 is 0. The van der Waals surface area contributed by atoms with Gasteiger partial charge in [-0.2, -0.15) is 19.0 Å². The molecule has 1 amide bonds. The zero-order valence-corrected chi connectivity index (χ0v) is 20.7. The summed E-state index contributed by atoms with van der Waals surface area (Å²) in [6, 6.07) is 7.69. The first-order valence-corrected chi connectivity index (χ1v) is 12.1. The molecule has 3 rings (SSSR count). The number of aryl methyl sites for hydroxylation is 1. The molecule has 1 saturated heterocycles. The quantitative estimate of drug-likeness (QED) is 0.163. The van der Waals surface area contributed by atoms with E-state index in [1.54, 1.807) is 13.3 Å². The molecule has 10 heteroatoms. The number of nitrogens with one attached hydrogen (secondary N) is 2. The number of anilines is 1. The van der Waals surface area contributed by atoms with Crippen molar-refractivity contribution in [1.82, 2.24) is 15.2 Å². The summed E-state index contributed by atoms with van der Waals surface area (Å²) in [6.45, 7) is 4.04. The molecule has 0 bridgehead atoms. The van der Waals surface area contributed by atoms with Gasteiger partial charge in [-0.1, -0.05) is 31.4 Å². The number of guanidine groups is 1. The number of carbonyl (C=O) groups excluding carboxylic acids is 1. The van der Waals surface area contributed by atoms with E-state index in [0.29, 0.717) is 23.8 Å². The highest BCUT2D eigenvalue weighted by Gasteiger charge is 2.29. The fourth-order valence-corrected chi connectivity index (χ4v) is 4.45. The summed E-state index contributed by atoms with van der Waals surface area (Å²) in [5, 5.41) is 14.5. The summed E-state index contributed by atoms with van der Waals surface area (Å²) in [4.78, 5) is 21.6. The number of ether oxygens (including phenoxy) is 1. The van der Waals surface area contributed by atoms with Gasteiger partial charge < -0.3 is 20.3 Å². The van der Waals surface area contributed by atoms with Crippen LogP contribution < -0.4 is 15.4 Å². The first-order valence-electron chi connectivity index (χ1n) is 12.1. The molecular formula is C26H32F2N6O2. The number of nitriles is 1. The molecule has 1 aliphatic rings. The number of hydrogen-bond donors (Lipinski definition) is 2. The fraction of sp³-hybridized carbons (Fsp3) is 0.462. The molecule has 1 unspecified atom stereocenters. The number of likely N-dealkylation sites (tertiary alicyclic amines) is 1. The van der Waals surface area contributed by atoms with Crippen molar-refractivity contribution in [2.75, 3.05) is 32.1 Å². The minimum Gasteiger partial charge on any atom is -0.496 e. The highest BCUT2D eigenvalue weighted by atomic mass is 19.1. The number of nitrogens with zero attached hydrogens (tertiary/aromatic N) is 4.